The Morgan fingerprint density at radius 3 is 2.22 bits per heavy atom. The second-order valence-corrected chi connectivity index (χ2v) is 5.68. The molecule has 0 aliphatic carbocycles. The van der Waals surface area contributed by atoms with E-state index in [9.17, 15) is 0 Å². The Labute approximate surface area is 113 Å². The van der Waals surface area contributed by atoms with Crippen molar-refractivity contribution in [1.82, 2.24) is 0 Å². The molecule has 0 aliphatic rings. The summed E-state index contributed by atoms with van der Waals surface area (Å²) in [5.41, 5.74) is 0. The van der Waals surface area contributed by atoms with E-state index >= 15 is 0 Å². The van der Waals surface area contributed by atoms with E-state index in [1.165, 1.54) is 15.2 Å². The molecule has 3 aromatic rings. The summed E-state index contributed by atoms with van der Waals surface area (Å²) in [6.45, 7) is 0. The van der Waals surface area contributed by atoms with Crippen molar-refractivity contribution < 1.29 is 3.82 Å². The molecule has 3 rings (SSSR count). The first-order valence-corrected chi connectivity index (χ1v) is 7.36. The monoisotopic (exact) mass is 300 g/mol. The Morgan fingerprint density at radius 1 is 0.667 bits per heavy atom. The molecule has 0 heterocycles. The molecule has 0 radical (unpaired) electrons. The zero-order valence-corrected chi connectivity index (χ0v) is 11.5. The van der Waals surface area contributed by atoms with Gasteiger partial charge in [0.05, 0.1) is 0 Å². The van der Waals surface area contributed by atoms with Crippen LogP contribution in [0.15, 0.2) is 72.8 Å². The number of rotatable bonds is 3. The molecule has 1 nitrogen and oxygen atoms in total. The van der Waals surface area contributed by atoms with Gasteiger partial charge in [0.2, 0.25) is 0 Å². The van der Waals surface area contributed by atoms with Crippen LogP contribution in [0.2, 0.25) is 0 Å². The van der Waals surface area contributed by atoms with Crippen LogP contribution in [-0.4, -0.2) is 15.3 Å². The first kappa shape index (κ1) is 11.3. The van der Waals surface area contributed by atoms with Crippen molar-refractivity contribution in [2.45, 2.75) is 0 Å². The molecular formula is C16H12OSe. The number of hydrogen-bond acceptors (Lipinski definition) is 1. The summed E-state index contributed by atoms with van der Waals surface area (Å²) in [5, 5.41) is 2.47. The molecule has 0 saturated carbocycles. The fourth-order valence-electron chi connectivity index (χ4n) is 1.79. The molecule has 0 aromatic heterocycles. The van der Waals surface area contributed by atoms with Gasteiger partial charge in [-0.15, -0.1) is 0 Å². The van der Waals surface area contributed by atoms with Gasteiger partial charge in [-0.2, -0.15) is 0 Å². The molecule has 0 spiro atoms. The van der Waals surface area contributed by atoms with Gasteiger partial charge in [-0.3, -0.25) is 0 Å². The van der Waals surface area contributed by atoms with Gasteiger partial charge in [-0.25, -0.2) is 0 Å². The molecule has 0 atom stereocenters. The number of benzene rings is 3. The van der Waals surface area contributed by atoms with Crippen LogP contribution in [0.4, 0.5) is 0 Å². The summed E-state index contributed by atoms with van der Waals surface area (Å²) in [5.74, 6) is 0.942. The van der Waals surface area contributed by atoms with Crippen molar-refractivity contribution in [1.29, 1.82) is 0 Å². The second kappa shape index (κ2) is 5.26. The summed E-state index contributed by atoms with van der Waals surface area (Å²) in [6.07, 6.45) is 0. The molecule has 0 bridgehead atoms. The van der Waals surface area contributed by atoms with Crippen LogP contribution < -0.4 is 8.28 Å². The molecule has 0 N–H and O–H groups in total. The van der Waals surface area contributed by atoms with Crippen LogP contribution in [0.1, 0.15) is 0 Å². The average molecular weight is 299 g/mol. The van der Waals surface area contributed by atoms with Crippen LogP contribution in [0.25, 0.3) is 10.8 Å². The third-order valence-corrected chi connectivity index (χ3v) is 4.25. The zero-order valence-electron chi connectivity index (χ0n) is 9.74. The normalized spacial score (nSPS) is 10.4. The predicted octanol–water partition coefficient (Wildman–Crippen LogP) is 3.16. The van der Waals surface area contributed by atoms with E-state index in [4.69, 9.17) is 3.82 Å². The summed E-state index contributed by atoms with van der Waals surface area (Å²) in [6, 6.07) is 24.9. The fraction of sp³-hybridized carbons (Fsp3) is 0. The Balaban J connectivity index is 1.79. The van der Waals surface area contributed by atoms with Gasteiger partial charge in [0.15, 0.2) is 0 Å². The van der Waals surface area contributed by atoms with Gasteiger partial charge in [0, 0.05) is 0 Å². The van der Waals surface area contributed by atoms with Crippen LogP contribution in [0.3, 0.4) is 0 Å². The first-order chi connectivity index (χ1) is 8.92. The third kappa shape index (κ3) is 2.56. The summed E-state index contributed by atoms with van der Waals surface area (Å²) < 4.78 is 7.11. The topological polar surface area (TPSA) is 9.23 Å². The van der Waals surface area contributed by atoms with Gasteiger partial charge >= 0.3 is 113 Å². The van der Waals surface area contributed by atoms with E-state index in [0.717, 1.165) is 5.75 Å². The quantitative estimate of drug-likeness (QED) is 0.675. The minimum absolute atomic E-state index is 0.0315. The molecule has 0 unspecified atom stereocenters. The van der Waals surface area contributed by atoms with E-state index < -0.39 is 0 Å². The van der Waals surface area contributed by atoms with Gasteiger partial charge in [-0.1, -0.05) is 0 Å². The molecule has 2 heteroatoms. The summed E-state index contributed by atoms with van der Waals surface area (Å²) in [4.78, 5) is 0. The van der Waals surface area contributed by atoms with Crippen molar-refractivity contribution in [2.75, 3.05) is 0 Å². The Bertz CT molecular complexity index is 649. The van der Waals surface area contributed by atoms with Crippen molar-refractivity contribution in [2.24, 2.45) is 0 Å². The van der Waals surface area contributed by atoms with Crippen molar-refractivity contribution in [3.05, 3.63) is 72.8 Å². The Hall–Kier alpha value is -1.76. The molecule has 0 aliphatic heterocycles. The SMILES string of the molecule is c1ccc([Se]Oc2ccc3ccccc3c2)cc1. The van der Waals surface area contributed by atoms with Crippen molar-refractivity contribution in [3.63, 3.8) is 0 Å². The molecular weight excluding hydrogens is 287 g/mol. The van der Waals surface area contributed by atoms with Crippen molar-refractivity contribution >= 4 is 30.5 Å². The molecule has 3 aromatic carbocycles. The van der Waals surface area contributed by atoms with Gasteiger partial charge in [-0.05, 0) is 0 Å². The maximum absolute atomic E-state index is 5.86. The molecule has 88 valence electrons. The third-order valence-electron chi connectivity index (χ3n) is 2.70. The first-order valence-electron chi connectivity index (χ1n) is 5.80. The van der Waals surface area contributed by atoms with Crippen LogP contribution >= 0.6 is 0 Å². The molecule has 18 heavy (non-hydrogen) atoms. The van der Waals surface area contributed by atoms with Gasteiger partial charge < -0.3 is 0 Å². The summed E-state index contributed by atoms with van der Waals surface area (Å²) >= 11 is 0.0315. The van der Waals surface area contributed by atoms with Crippen LogP contribution in [0.5, 0.6) is 5.75 Å². The zero-order chi connectivity index (χ0) is 12.2. The van der Waals surface area contributed by atoms with E-state index in [1.807, 2.05) is 24.3 Å². The molecule has 0 fully saturated rings. The van der Waals surface area contributed by atoms with Gasteiger partial charge in [0.1, 0.15) is 0 Å². The van der Waals surface area contributed by atoms with E-state index in [-0.39, 0.29) is 15.3 Å². The summed E-state index contributed by atoms with van der Waals surface area (Å²) in [7, 11) is 0. The number of fused-ring (bicyclic) bond motifs is 1. The second-order valence-electron chi connectivity index (χ2n) is 3.99. The van der Waals surface area contributed by atoms with Gasteiger partial charge in [0.25, 0.3) is 0 Å². The van der Waals surface area contributed by atoms with E-state index in [2.05, 4.69) is 48.5 Å². The predicted molar refractivity (Wildman–Crippen MR) is 76.4 cm³/mol. The van der Waals surface area contributed by atoms with Crippen LogP contribution in [-0.2, 0) is 0 Å². The minimum atomic E-state index is 0.0315. The number of hydrogen-bond donors (Lipinski definition) is 0. The fourth-order valence-corrected chi connectivity index (χ4v) is 2.98. The van der Waals surface area contributed by atoms with Crippen LogP contribution in [0, 0.1) is 0 Å². The average Bonchev–Trinajstić information content (AvgIpc) is 2.46. The molecule has 0 saturated heterocycles. The van der Waals surface area contributed by atoms with E-state index in [1.54, 1.807) is 0 Å². The maximum atomic E-state index is 5.86. The Kier molecular flexibility index (Phi) is 3.31. The Morgan fingerprint density at radius 2 is 1.39 bits per heavy atom. The standard InChI is InChI=1S/C16H12OSe/c1-2-8-16(9-3-1)18-17-15-11-10-13-6-4-5-7-14(13)12-15/h1-12H. The van der Waals surface area contributed by atoms with E-state index in [0.29, 0.717) is 0 Å². The molecule has 0 amide bonds. The van der Waals surface area contributed by atoms with Crippen molar-refractivity contribution in [3.8, 4) is 5.75 Å².